The predicted molar refractivity (Wildman–Crippen MR) is 114 cm³/mol. The van der Waals surface area contributed by atoms with Crippen molar-refractivity contribution in [1.29, 1.82) is 0 Å². The van der Waals surface area contributed by atoms with Crippen molar-refractivity contribution in [1.82, 2.24) is 5.32 Å². The summed E-state index contributed by atoms with van der Waals surface area (Å²) in [6.45, 7) is 7.87. The summed E-state index contributed by atoms with van der Waals surface area (Å²) in [7, 11) is 0. The molecular weight excluding hydrogens is 385 g/mol. The monoisotopic (exact) mass is 415 g/mol. The van der Waals surface area contributed by atoms with Gasteiger partial charge in [-0.3, -0.25) is 9.59 Å². The summed E-state index contributed by atoms with van der Waals surface area (Å²) in [5, 5.41) is 6.17. The van der Waals surface area contributed by atoms with Crippen LogP contribution < -0.4 is 16.4 Å². The van der Waals surface area contributed by atoms with E-state index in [2.05, 4.69) is 10.6 Å². The van der Waals surface area contributed by atoms with Gasteiger partial charge < -0.3 is 16.4 Å². The molecule has 27 heavy (non-hydrogen) atoms. The minimum atomic E-state index is -0.488. The molecule has 0 heterocycles. The number of hydrogen-bond acceptors (Lipinski definition) is 3. The van der Waals surface area contributed by atoms with Gasteiger partial charge in [0.1, 0.15) is 0 Å². The average Bonchev–Trinajstić information content (AvgIpc) is 2.53. The highest BCUT2D eigenvalue weighted by Gasteiger charge is 2.37. The summed E-state index contributed by atoms with van der Waals surface area (Å²) < 4.78 is 0. The maximum atomic E-state index is 12.6. The highest BCUT2D eigenvalue weighted by Crippen LogP contribution is 2.33. The largest absolute Gasteiger partial charge is 0.347 e. The fourth-order valence-electron chi connectivity index (χ4n) is 3.26. The van der Waals surface area contributed by atoms with Crippen LogP contribution >= 0.6 is 24.0 Å². The SMILES string of the molecule is CCC(C)(C)NC(=O)c1ccc(NC(=O)C2CCCCC2(C)N)cc1Cl.Cl. The second-order valence-electron chi connectivity index (χ2n) is 8.18. The molecule has 0 aromatic heterocycles. The molecule has 7 heteroatoms. The van der Waals surface area contributed by atoms with E-state index >= 15 is 0 Å². The van der Waals surface area contributed by atoms with Crippen molar-refractivity contribution in [2.24, 2.45) is 11.7 Å². The van der Waals surface area contributed by atoms with Gasteiger partial charge in [0, 0.05) is 16.8 Å². The Bertz CT molecular complexity index is 690. The van der Waals surface area contributed by atoms with Gasteiger partial charge in [-0.1, -0.05) is 31.4 Å². The third-order valence-corrected chi connectivity index (χ3v) is 5.70. The topological polar surface area (TPSA) is 84.2 Å². The Hall–Kier alpha value is -1.30. The summed E-state index contributed by atoms with van der Waals surface area (Å²) in [5.74, 6) is -0.528. The van der Waals surface area contributed by atoms with Gasteiger partial charge in [0.25, 0.3) is 5.91 Å². The molecule has 0 radical (unpaired) electrons. The van der Waals surface area contributed by atoms with Crippen molar-refractivity contribution >= 4 is 41.5 Å². The van der Waals surface area contributed by atoms with E-state index in [1.165, 1.54) is 0 Å². The number of benzene rings is 1. The van der Waals surface area contributed by atoms with E-state index in [9.17, 15) is 9.59 Å². The molecule has 152 valence electrons. The number of rotatable bonds is 5. The molecule has 1 aromatic rings. The van der Waals surface area contributed by atoms with E-state index in [0.717, 1.165) is 32.1 Å². The van der Waals surface area contributed by atoms with E-state index in [-0.39, 0.29) is 35.7 Å². The minimum absolute atomic E-state index is 0. The van der Waals surface area contributed by atoms with Crippen molar-refractivity contribution < 1.29 is 9.59 Å². The lowest BCUT2D eigenvalue weighted by molar-refractivity contribution is -0.122. The van der Waals surface area contributed by atoms with Crippen LogP contribution in [0.25, 0.3) is 0 Å². The summed E-state index contributed by atoms with van der Waals surface area (Å²) in [6.07, 6.45) is 4.51. The number of halogens is 2. The molecule has 0 saturated heterocycles. The normalized spacial score (nSPS) is 22.5. The zero-order chi connectivity index (χ0) is 19.5. The van der Waals surface area contributed by atoms with E-state index < -0.39 is 5.54 Å². The van der Waals surface area contributed by atoms with Crippen LogP contribution in [0.15, 0.2) is 18.2 Å². The summed E-state index contributed by atoms with van der Waals surface area (Å²) in [6, 6.07) is 4.96. The first-order valence-corrected chi connectivity index (χ1v) is 9.65. The number of amides is 2. The molecule has 1 aromatic carbocycles. The van der Waals surface area contributed by atoms with Crippen LogP contribution in [0.1, 0.15) is 70.2 Å². The first kappa shape index (κ1) is 23.7. The Morgan fingerprint density at radius 3 is 2.56 bits per heavy atom. The molecular formula is C20H31Cl2N3O2. The van der Waals surface area contributed by atoms with Crippen molar-refractivity contribution in [3.05, 3.63) is 28.8 Å². The molecule has 2 atom stereocenters. The second kappa shape index (κ2) is 9.26. The fourth-order valence-corrected chi connectivity index (χ4v) is 3.52. The van der Waals surface area contributed by atoms with Crippen LogP contribution in [0.4, 0.5) is 5.69 Å². The summed E-state index contributed by atoms with van der Waals surface area (Å²) in [5.41, 5.74) is 6.48. The lowest BCUT2D eigenvalue weighted by Gasteiger charge is -2.37. The quantitative estimate of drug-likeness (QED) is 0.660. The number of carbonyl (C=O) groups is 2. The molecule has 0 spiro atoms. The van der Waals surface area contributed by atoms with Crippen LogP contribution in [0.2, 0.25) is 5.02 Å². The Morgan fingerprint density at radius 1 is 1.33 bits per heavy atom. The smallest absolute Gasteiger partial charge is 0.253 e. The van der Waals surface area contributed by atoms with Crippen molar-refractivity contribution in [2.75, 3.05) is 5.32 Å². The first-order valence-electron chi connectivity index (χ1n) is 9.27. The maximum absolute atomic E-state index is 12.6. The van der Waals surface area contributed by atoms with Gasteiger partial charge in [-0.25, -0.2) is 0 Å². The molecule has 1 aliphatic carbocycles. The Labute approximate surface area is 173 Å². The molecule has 2 amide bonds. The predicted octanol–water partition coefficient (Wildman–Crippen LogP) is 4.53. The molecule has 2 unspecified atom stereocenters. The molecule has 4 N–H and O–H groups in total. The molecule has 1 saturated carbocycles. The molecule has 5 nitrogen and oxygen atoms in total. The van der Waals surface area contributed by atoms with Gasteiger partial charge in [-0.05, 0) is 58.2 Å². The zero-order valence-corrected chi connectivity index (χ0v) is 18.1. The molecule has 0 aliphatic heterocycles. The third-order valence-electron chi connectivity index (χ3n) is 5.39. The van der Waals surface area contributed by atoms with Crippen LogP contribution in [0, 0.1) is 5.92 Å². The molecule has 0 bridgehead atoms. The second-order valence-corrected chi connectivity index (χ2v) is 8.59. The van der Waals surface area contributed by atoms with Gasteiger partial charge >= 0.3 is 0 Å². The van der Waals surface area contributed by atoms with Gasteiger partial charge in [0.2, 0.25) is 5.91 Å². The van der Waals surface area contributed by atoms with Crippen molar-refractivity contribution in [3.8, 4) is 0 Å². The first-order chi connectivity index (χ1) is 12.1. The lowest BCUT2D eigenvalue weighted by Crippen LogP contribution is -2.51. The van der Waals surface area contributed by atoms with Crippen molar-refractivity contribution in [3.63, 3.8) is 0 Å². The standard InChI is InChI=1S/C20H30ClN3O2.ClH/c1-5-19(2,3)24-17(25)14-10-9-13(12-16(14)21)23-18(26)15-8-6-7-11-20(15,4)22;/h9-10,12,15H,5-8,11,22H2,1-4H3,(H,23,26)(H,24,25);1H. The highest BCUT2D eigenvalue weighted by atomic mass is 35.5. The Morgan fingerprint density at radius 2 is 2.00 bits per heavy atom. The van der Waals surface area contributed by atoms with E-state index in [1.807, 2.05) is 27.7 Å². The third kappa shape index (κ3) is 6.09. The number of hydrogen-bond donors (Lipinski definition) is 3. The van der Waals surface area contributed by atoms with Gasteiger partial charge in [-0.15, -0.1) is 12.4 Å². The number of nitrogens with one attached hydrogen (secondary N) is 2. The number of anilines is 1. The van der Waals surface area contributed by atoms with Crippen LogP contribution in [-0.2, 0) is 4.79 Å². The van der Waals surface area contributed by atoms with Crippen molar-refractivity contribution in [2.45, 2.75) is 70.9 Å². The van der Waals surface area contributed by atoms with E-state index in [4.69, 9.17) is 17.3 Å². The highest BCUT2D eigenvalue weighted by molar-refractivity contribution is 6.34. The Kier molecular flexibility index (Phi) is 8.14. The van der Waals surface area contributed by atoms with Gasteiger partial charge in [0.05, 0.1) is 16.5 Å². The molecule has 2 rings (SSSR count). The zero-order valence-electron chi connectivity index (χ0n) is 16.5. The minimum Gasteiger partial charge on any atom is -0.347 e. The van der Waals surface area contributed by atoms with E-state index in [1.54, 1.807) is 18.2 Å². The average molecular weight is 416 g/mol. The molecule has 1 aliphatic rings. The van der Waals surface area contributed by atoms with Crippen LogP contribution in [0.3, 0.4) is 0 Å². The van der Waals surface area contributed by atoms with E-state index in [0.29, 0.717) is 16.3 Å². The maximum Gasteiger partial charge on any atom is 0.253 e. The summed E-state index contributed by atoms with van der Waals surface area (Å²) in [4.78, 5) is 25.0. The van der Waals surface area contributed by atoms with Gasteiger partial charge in [-0.2, -0.15) is 0 Å². The number of nitrogens with two attached hydrogens (primary N) is 1. The molecule has 1 fully saturated rings. The fraction of sp³-hybridized carbons (Fsp3) is 0.600. The Balaban J connectivity index is 0.00000364. The van der Waals surface area contributed by atoms with Gasteiger partial charge in [0.15, 0.2) is 0 Å². The number of carbonyl (C=O) groups excluding carboxylic acids is 2. The lowest BCUT2D eigenvalue weighted by atomic mass is 9.74. The van der Waals surface area contributed by atoms with Crippen LogP contribution in [0.5, 0.6) is 0 Å². The summed E-state index contributed by atoms with van der Waals surface area (Å²) >= 11 is 6.28. The van der Waals surface area contributed by atoms with Crippen LogP contribution in [-0.4, -0.2) is 22.9 Å².